The van der Waals surface area contributed by atoms with Gasteiger partial charge in [0.1, 0.15) is 17.2 Å². The SMILES string of the molecule is O=C(O)c1c(O)c2ncc(Cc3ccc(F)cc3)cc2n(-c2ccc(F)cc2)c1=O. The molecule has 2 N–H and O–H groups in total. The topological polar surface area (TPSA) is 92.4 Å². The first-order chi connectivity index (χ1) is 14.3. The van der Waals surface area contributed by atoms with Crippen molar-refractivity contribution < 1.29 is 23.8 Å². The lowest BCUT2D eigenvalue weighted by Crippen LogP contribution is -2.26. The highest BCUT2D eigenvalue weighted by molar-refractivity contribution is 5.97. The molecule has 8 heteroatoms. The second-order valence-corrected chi connectivity index (χ2v) is 6.66. The van der Waals surface area contributed by atoms with Crippen LogP contribution in [-0.2, 0) is 6.42 Å². The number of aromatic nitrogens is 2. The molecule has 0 atom stereocenters. The number of carboxylic acid groups (broad SMARTS) is 1. The Hall–Kier alpha value is -4.07. The van der Waals surface area contributed by atoms with Gasteiger partial charge in [0.15, 0.2) is 11.3 Å². The van der Waals surface area contributed by atoms with E-state index in [1.165, 1.54) is 30.5 Å². The van der Waals surface area contributed by atoms with E-state index in [-0.39, 0.29) is 22.5 Å². The number of carboxylic acids is 1. The summed E-state index contributed by atoms with van der Waals surface area (Å²) in [5.41, 5.74) is -0.0700. The van der Waals surface area contributed by atoms with Crippen LogP contribution in [0.1, 0.15) is 21.5 Å². The number of nitrogens with zero attached hydrogens (tertiary/aromatic N) is 2. The molecule has 0 bridgehead atoms. The van der Waals surface area contributed by atoms with Crippen LogP contribution in [-0.4, -0.2) is 25.7 Å². The average Bonchev–Trinajstić information content (AvgIpc) is 2.71. The molecule has 0 amide bonds. The summed E-state index contributed by atoms with van der Waals surface area (Å²) in [5.74, 6) is -3.24. The van der Waals surface area contributed by atoms with E-state index >= 15 is 0 Å². The summed E-state index contributed by atoms with van der Waals surface area (Å²) >= 11 is 0. The summed E-state index contributed by atoms with van der Waals surface area (Å²) in [5, 5.41) is 19.8. The second kappa shape index (κ2) is 7.40. The van der Waals surface area contributed by atoms with Crippen molar-refractivity contribution in [2.45, 2.75) is 6.42 Å². The van der Waals surface area contributed by atoms with Crippen LogP contribution in [0.5, 0.6) is 5.75 Å². The maximum atomic E-state index is 13.4. The van der Waals surface area contributed by atoms with E-state index in [9.17, 15) is 28.6 Å². The maximum absolute atomic E-state index is 13.4. The third-order valence-corrected chi connectivity index (χ3v) is 4.66. The lowest BCUT2D eigenvalue weighted by atomic mass is 10.1. The monoisotopic (exact) mass is 408 g/mol. The summed E-state index contributed by atoms with van der Waals surface area (Å²) in [4.78, 5) is 28.6. The van der Waals surface area contributed by atoms with Crippen LogP contribution in [0.3, 0.4) is 0 Å². The normalized spacial score (nSPS) is 11.0. The highest BCUT2D eigenvalue weighted by Gasteiger charge is 2.23. The number of carbonyl (C=O) groups is 1. The Balaban J connectivity index is 1.97. The Morgan fingerprint density at radius 2 is 1.57 bits per heavy atom. The minimum atomic E-state index is -1.60. The maximum Gasteiger partial charge on any atom is 0.345 e. The van der Waals surface area contributed by atoms with Crippen molar-refractivity contribution in [3.8, 4) is 11.4 Å². The van der Waals surface area contributed by atoms with Gasteiger partial charge in [0.05, 0.1) is 5.52 Å². The summed E-state index contributed by atoms with van der Waals surface area (Å²) in [7, 11) is 0. The highest BCUT2D eigenvalue weighted by atomic mass is 19.1. The van der Waals surface area contributed by atoms with Crippen LogP contribution < -0.4 is 5.56 Å². The fourth-order valence-electron chi connectivity index (χ4n) is 3.26. The zero-order chi connectivity index (χ0) is 21.4. The van der Waals surface area contributed by atoms with Crippen LogP contribution in [0.15, 0.2) is 65.6 Å². The molecule has 30 heavy (non-hydrogen) atoms. The van der Waals surface area contributed by atoms with Crippen LogP contribution in [0.25, 0.3) is 16.7 Å². The van der Waals surface area contributed by atoms with Crippen LogP contribution in [0, 0.1) is 11.6 Å². The van der Waals surface area contributed by atoms with Gasteiger partial charge in [-0.15, -0.1) is 0 Å². The van der Waals surface area contributed by atoms with Gasteiger partial charge in [0, 0.05) is 11.9 Å². The zero-order valence-corrected chi connectivity index (χ0v) is 15.3. The number of hydrogen-bond acceptors (Lipinski definition) is 4. The van der Waals surface area contributed by atoms with E-state index in [0.29, 0.717) is 12.0 Å². The Bertz CT molecular complexity index is 1330. The van der Waals surface area contributed by atoms with Gasteiger partial charge in [0.25, 0.3) is 5.56 Å². The van der Waals surface area contributed by atoms with E-state index < -0.39 is 28.7 Å². The smallest absolute Gasteiger partial charge is 0.345 e. The van der Waals surface area contributed by atoms with Crippen molar-refractivity contribution in [3.63, 3.8) is 0 Å². The van der Waals surface area contributed by atoms with Gasteiger partial charge in [-0.1, -0.05) is 12.1 Å². The Morgan fingerprint density at radius 3 is 2.17 bits per heavy atom. The van der Waals surface area contributed by atoms with Gasteiger partial charge in [0.2, 0.25) is 0 Å². The number of fused-ring (bicyclic) bond motifs is 1. The van der Waals surface area contributed by atoms with Crippen molar-refractivity contribution in [1.82, 2.24) is 9.55 Å². The molecule has 0 saturated heterocycles. The minimum Gasteiger partial charge on any atom is -0.505 e. The second-order valence-electron chi connectivity index (χ2n) is 6.66. The first kappa shape index (κ1) is 19.3. The molecular formula is C22H14F2N2O4. The number of aromatic hydroxyl groups is 1. The van der Waals surface area contributed by atoms with Gasteiger partial charge in [-0.2, -0.15) is 0 Å². The third-order valence-electron chi connectivity index (χ3n) is 4.66. The first-order valence-electron chi connectivity index (χ1n) is 8.85. The molecule has 0 aliphatic carbocycles. The van der Waals surface area contributed by atoms with E-state index in [0.717, 1.165) is 22.3 Å². The van der Waals surface area contributed by atoms with Gasteiger partial charge < -0.3 is 10.2 Å². The number of aromatic carboxylic acids is 1. The Kier molecular flexibility index (Phi) is 4.75. The molecule has 2 heterocycles. The molecule has 0 aliphatic rings. The summed E-state index contributed by atoms with van der Waals surface area (Å²) in [6, 6.07) is 12.4. The third kappa shape index (κ3) is 3.39. The standard InChI is InChI=1S/C22H14F2N2O4/c23-14-3-1-12(2-4-14)9-13-10-17-19(25-11-13)20(27)18(22(29)30)21(28)26(17)16-7-5-15(24)6-8-16/h1-8,10-11,27H,9H2,(H,29,30). The molecule has 0 aliphatic heterocycles. The summed E-state index contributed by atoms with van der Waals surface area (Å²) < 4.78 is 27.6. The number of halogens is 2. The molecule has 0 saturated carbocycles. The van der Waals surface area contributed by atoms with Gasteiger partial charge in [-0.25, -0.2) is 13.6 Å². The van der Waals surface area contributed by atoms with Gasteiger partial charge in [-0.3, -0.25) is 14.3 Å². The summed E-state index contributed by atoms with van der Waals surface area (Å²) in [6.45, 7) is 0. The van der Waals surface area contributed by atoms with Crippen LogP contribution in [0.2, 0.25) is 0 Å². The molecule has 2 aromatic heterocycles. The quantitative estimate of drug-likeness (QED) is 0.538. The molecule has 0 spiro atoms. The number of pyridine rings is 2. The number of rotatable bonds is 4. The predicted octanol–water partition coefficient (Wildman–Crippen LogP) is 3.66. The zero-order valence-electron chi connectivity index (χ0n) is 15.3. The van der Waals surface area contributed by atoms with Gasteiger partial charge in [-0.05, 0) is 60.0 Å². The molecule has 4 aromatic rings. The van der Waals surface area contributed by atoms with Crippen LogP contribution in [0.4, 0.5) is 8.78 Å². The van der Waals surface area contributed by atoms with E-state index in [1.54, 1.807) is 18.2 Å². The molecule has 0 fully saturated rings. The number of hydrogen-bond donors (Lipinski definition) is 2. The molecule has 0 unspecified atom stereocenters. The van der Waals surface area contributed by atoms with E-state index in [1.807, 2.05) is 0 Å². The molecule has 2 aromatic carbocycles. The van der Waals surface area contributed by atoms with E-state index in [2.05, 4.69) is 4.98 Å². The molecule has 6 nitrogen and oxygen atoms in total. The summed E-state index contributed by atoms with van der Waals surface area (Å²) in [6.07, 6.45) is 1.80. The molecular weight excluding hydrogens is 394 g/mol. The first-order valence-corrected chi connectivity index (χ1v) is 8.85. The lowest BCUT2D eigenvalue weighted by Gasteiger charge is -2.14. The highest BCUT2D eigenvalue weighted by Crippen LogP contribution is 2.28. The van der Waals surface area contributed by atoms with Crippen molar-refractivity contribution in [2.75, 3.05) is 0 Å². The van der Waals surface area contributed by atoms with Crippen molar-refractivity contribution >= 4 is 17.0 Å². The predicted molar refractivity (Wildman–Crippen MR) is 105 cm³/mol. The van der Waals surface area contributed by atoms with Crippen molar-refractivity contribution in [1.29, 1.82) is 0 Å². The van der Waals surface area contributed by atoms with Crippen molar-refractivity contribution in [2.24, 2.45) is 0 Å². The molecule has 0 radical (unpaired) electrons. The molecule has 150 valence electrons. The number of benzene rings is 2. The fourth-order valence-corrected chi connectivity index (χ4v) is 3.26. The van der Waals surface area contributed by atoms with Crippen molar-refractivity contribution in [3.05, 3.63) is 99.5 Å². The Labute approximate surface area is 168 Å². The fraction of sp³-hybridized carbons (Fsp3) is 0.0455. The van der Waals surface area contributed by atoms with E-state index in [4.69, 9.17) is 0 Å². The largest absolute Gasteiger partial charge is 0.505 e. The minimum absolute atomic E-state index is 0.0841. The average molecular weight is 408 g/mol. The van der Waals surface area contributed by atoms with Crippen LogP contribution >= 0.6 is 0 Å². The molecule has 4 rings (SSSR count). The Morgan fingerprint density at radius 1 is 0.967 bits per heavy atom. The lowest BCUT2D eigenvalue weighted by molar-refractivity contribution is 0.0691. The van der Waals surface area contributed by atoms with Gasteiger partial charge >= 0.3 is 5.97 Å².